The van der Waals surface area contributed by atoms with Crippen LogP contribution in [0.3, 0.4) is 0 Å². The van der Waals surface area contributed by atoms with Gasteiger partial charge in [-0.2, -0.15) is 0 Å². The Labute approximate surface area is 148 Å². The van der Waals surface area contributed by atoms with Crippen molar-refractivity contribution >= 4 is 11.7 Å². The van der Waals surface area contributed by atoms with Gasteiger partial charge in [-0.1, -0.05) is 48.5 Å². The van der Waals surface area contributed by atoms with Crippen molar-refractivity contribution < 1.29 is 9.90 Å². The molecule has 2 amide bonds. The largest absolute Gasteiger partial charge is 0.387 e. The SMILES string of the molecule is Cc1ccccc1NC(=O)N1CCN(C[C@H](O)c2ccccc2)CC1. The number of para-hydroxylation sites is 1. The maximum absolute atomic E-state index is 12.4. The molecule has 1 heterocycles. The first-order valence-corrected chi connectivity index (χ1v) is 8.70. The summed E-state index contributed by atoms with van der Waals surface area (Å²) in [4.78, 5) is 16.5. The number of β-amino-alcohol motifs (C(OH)–C–C–N with tert-alkyl or cyclic N) is 1. The predicted molar refractivity (Wildman–Crippen MR) is 99.6 cm³/mol. The summed E-state index contributed by atoms with van der Waals surface area (Å²) in [5.41, 5.74) is 2.84. The number of carbonyl (C=O) groups is 1. The summed E-state index contributed by atoms with van der Waals surface area (Å²) in [6, 6.07) is 17.4. The van der Waals surface area contributed by atoms with E-state index in [-0.39, 0.29) is 6.03 Å². The van der Waals surface area contributed by atoms with Crippen LogP contribution >= 0.6 is 0 Å². The second-order valence-electron chi connectivity index (χ2n) is 6.46. The molecule has 1 aliphatic heterocycles. The third-order valence-corrected chi connectivity index (χ3v) is 4.66. The first kappa shape index (κ1) is 17.5. The van der Waals surface area contributed by atoms with Gasteiger partial charge in [0.15, 0.2) is 0 Å². The van der Waals surface area contributed by atoms with Crippen molar-refractivity contribution in [1.29, 1.82) is 0 Å². The van der Waals surface area contributed by atoms with Crippen LogP contribution in [0.25, 0.3) is 0 Å². The Hall–Kier alpha value is -2.37. The van der Waals surface area contributed by atoms with E-state index in [0.29, 0.717) is 19.6 Å². The summed E-state index contributed by atoms with van der Waals surface area (Å²) in [7, 11) is 0. The molecule has 5 heteroatoms. The molecule has 3 rings (SSSR count). The summed E-state index contributed by atoms with van der Waals surface area (Å²) < 4.78 is 0. The van der Waals surface area contributed by atoms with E-state index < -0.39 is 6.10 Å². The first-order valence-electron chi connectivity index (χ1n) is 8.70. The maximum atomic E-state index is 12.4. The van der Waals surface area contributed by atoms with E-state index in [9.17, 15) is 9.90 Å². The average Bonchev–Trinajstić information content (AvgIpc) is 2.65. The van der Waals surface area contributed by atoms with Gasteiger partial charge in [-0.15, -0.1) is 0 Å². The van der Waals surface area contributed by atoms with Crippen molar-refractivity contribution in [3.8, 4) is 0 Å². The molecule has 1 atom stereocenters. The fourth-order valence-electron chi connectivity index (χ4n) is 3.07. The number of nitrogens with one attached hydrogen (secondary N) is 1. The van der Waals surface area contributed by atoms with E-state index in [1.165, 1.54) is 0 Å². The summed E-state index contributed by atoms with van der Waals surface area (Å²) >= 11 is 0. The van der Waals surface area contributed by atoms with Gasteiger partial charge < -0.3 is 15.3 Å². The third-order valence-electron chi connectivity index (χ3n) is 4.66. The molecule has 132 valence electrons. The molecule has 5 nitrogen and oxygen atoms in total. The number of amides is 2. The van der Waals surface area contributed by atoms with Crippen molar-refractivity contribution in [2.24, 2.45) is 0 Å². The topological polar surface area (TPSA) is 55.8 Å². The number of urea groups is 1. The normalized spacial score (nSPS) is 16.5. The van der Waals surface area contributed by atoms with Crippen LogP contribution in [0.15, 0.2) is 54.6 Å². The van der Waals surface area contributed by atoms with E-state index >= 15 is 0 Å². The molecule has 0 radical (unpaired) electrons. The number of aliphatic hydroxyl groups is 1. The van der Waals surface area contributed by atoms with Crippen molar-refractivity contribution in [2.75, 3.05) is 38.0 Å². The third kappa shape index (κ3) is 4.59. The Bertz CT molecular complexity index is 697. The zero-order chi connectivity index (χ0) is 17.6. The van der Waals surface area contributed by atoms with Gasteiger partial charge in [0.05, 0.1) is 6.10 Å². The number of hydrogen-bond acceptors (Lipinski definition) is 3. The fourth-order valence-corrected chi connectivity index (χ4v) is 3.07. The first-order chi connectivity index (χ1) is 12.1. The lowest BCUT2D eigenvalue weighted by Crippen LogP contribution is -2.50. The van der Waals surface area contributed by atoms with Crippen LogP contribution in [0.5, 0.6) is 0 Å². The molecule has 25 heavy (non-hydrogen) atoms. The zero-order valence-corrected chi connectivity index (χ0v) is 14.6. The maximum Gasteiger partial charge on any atom is 0.321 e. The van der Waals surface area contributed by atoms with Gasteiger partial charge in [-0.25, -0.2) is 4.79 Å². The lowest BCUT2D eigenvalue weighted by molar-refractivity contribution is 0.0831. The van der Waals surface area contributed by atoms with Gasteiger partial charge in [0.1, 0.15) is 0 Å². The molecular weight excluding hydrogens is 314 g/mol. The highest BCUT2D eigenvalue weighted by atomic mass is 16.3. The molecule has 1 fully saturated rings. The quantitative estimate of drug-likeness (QED) is 0.900. The molecule has 0 spiro atoms. The van der Waals surface area contributed by atoms with Gasteiger partial charge in [0.25, 0.3) is 0 Å². The molecule has 2 N–H and O–H groups in total. The van der Waals surface area contributed by atoms with Crippen molar-refractivity contribution in [1.82, 2.24) is 9.80 Å². The van der Waals surface area contributed by atoms with Crippen LogP contribution < -0.4 is 5.32 Å². The van der Waals surface area contributed by atoms with Crippen molar-refractivity contribution in [3.05, 3.63) is 65.7 Å². The number of anilines is 1. The van der Waals surface area contributed by atoms with Crippen LogP contribution in [0.2, 0.25) is 0 Å². The molecule has 1 saturated heterocycles. The number of piperazine rings is 1. The summed E-state index contributed by atoms with van der Waals surface area (Å²) in [5.74, 6) is 0. The van der Waals surface area contributed by atoms with E-state index in [1.54, 1.807) is 0 Å². The van der Waals surface area contributed by atoms with E-state index in [1.807, 2.05) is 66.4 Å². The van der Waals surface area contributed by atoms with Gasteiger partial charge in [0, 0.05) is 38.4 Å². The number of nitrogens with zero attached hydrogens (tertiary/aromatic N) is 2. The molecular formula is C20H25N3O2. The number of carbonyl (C=O) groups excluding carboxylic acids is 1. The zero-order valence-electron chi connectivity index (χ0n) is 14.6. The second-order valence-corrected chi connectivity index (χ2v) is 6.46. The molecule has 2 aromatic rings. The van der Waals surface area contributed by atoms with E-state index in [0.717, 1.165) is 29.9 Å². The number of aryl methyl sites for hydroxylation is 1. The standard InChI is InChI=1S/C20H25N3O2/c1-16-7-5-6-10-18(16)21-20(25)23-13-11-22(12-14-23)15-19(24)17-8-3-2-4-9-17/h2-10,19,24H,11-15H2,1H3,(H,21,25)/t19-/m0/s1. The number of aliphatic hydroxyl groups excluding tert-OH is 1. The second kappa shape index (κ2) is 8.14. The summed E-state index contributed by atoms with van der Waals surface area (Å²) in [5, 5.41) is 13.3. The van der Waals surface area contributed by atoms with Crippen molar-refractivity contribution in [2.45, 2.75) is 13.0 Å². The Morgan fingerprint density at radius 3 is 2.36 bits per heavy atom. The van der Waals surface area contributed by atoms with Gasteiger partial charge >= 0.3 is 6.03 Å². The smallest absolute Gasteiger partial charge is 0.321 e. The number of benzene rings is 2. The van der Waals surface area contributed by atoms with Gasteiger partial charge in [-0.05, 0) is 24.1 Å². The monoisotopic (exact) mass is 339 g/mol. The lowest BCUT2D eigenvalue weighted by atomic mass is 10.1. The van der Waals surface area contributed by atoms with Crippen LogP contribution in [0.4, 0.5) is 10.5 Å². The minimum atomic E-state index is -0.492. The lowest BCUT2D eigenvalue weighted by Gasteiger charge is -2.35. The highest BCUT2D eigenvalue weighted by Crippen LogP contribution is 2.17. The minimum Gasteiger partial charge on any atom is -0.387 e. The van der Waals surface area contributed by atoms with Crippen LogP contribution in [-0.2, 0) is 0 Å². The number of hydrogen-bond donors (Lipinski definition) is 2. The summed E-state index contributed by atoms with van der Waals surface area (Å²) in [6.45, 7) is 5.45. The highest BCUT2D eigenvalue weighted by Gasteiger charge is 2.23. The average molecular weight is 339 g/mol. The number of rotatable bonds is 4. The molecule has 0 aliphatic carbocycles. The molecule has 2 aromatic carbocycles. The Morgan fingerprint density at radius 1 is 1.04 bits per heavy atom. The van der Waals surface area contributed by atoms with E-state index in [4.69, 9.17) is 0 Å². The van der Waals surface area contributed by atoms with Gasteiger partial charge in [-0.3, -0.25) is 4.90 Å². The molecule has 0 saturated carbocycles. The van der Waals surface area contributed by atoms with Crippen LogP contribution in [-0.4, -0.2) is 53.7 Å². The van der Waals surface area contributed by atoms with Gasteiger partial charge in [0.2, 0.25) is 0 Å². The minimum absolute atomic E-state index is 0.0578. The Balaban J connectivity index is 1.48. The molecule has 1 aliphatic rings. The fraction of sp³-hybridized carbons (Fsp3) is 0.350. The molecule has 0 aromatic heterocycles. The van der Waals surface area contributed by atoms with E-state index in [2.05, 4.69) is 10.2 Å². The van der Waals surface area contributed by atoms with Crippen LogP contribution in [0, 0.1) is 6.92 Å². The van der Waals surface area contributed by atoms with Crippen LogP contribution in [0.1, 0.15) is 17.2 Å². The molecule has 0 bridgehead atoms. The Morgan fingerprint density at radius 2 is 1.68 bits per heavy atom. The Kier molecular flexibility index (Phi) is 5.68. The summed E-state index contributed by atoms with van der Waals surface area (Å²) in [6.07, 6.45) is -0.492. The molecule has 0 unspecified atom stereocenters. The van der Waals surface area contributed by atoms with Crippen molar-refractivity contribution in [3.63, 3.8) is 0 Å². The predicted octanol–water partition coefficient (Wildman–Crippen LogP) is 2.88. The highest BCUT2D eigenvalue weighted by molar-refractivity contribution is 5.90.